The summed E-state index contributed by atoms with van der Waals surface area (Å²) >= 11 is 0. The first-order chi connectivity index (χ1) is 16.0. The smallest absolute Gasteiger partial charge is 0.336 e. The standard InChI is InChI=1S/C25H24N4O4/c1-2-3-8-21-28-20-13-14-26-24(31)22(20)29(21)15-16-9-11-17(12-10-16)27-23(30)18-6-4-5-7-19(18)25(32)33/h4-7,9-14H,2-3,8,15H2,1H3,(H,26,31)(H,27,30)(H,32,33). The van der Waals surface area contributed by atoms with E-state index in [2.05, 4.69) is 22.2 Å². The molecule has 0 atom stereocenters. The van der Waals surface area contributed by atoms with Gasteiger partial charge in [-0.25, -0.2) is 9.78 Å². The Labute approximate surface area is 189 Å². The van der Waals surface area contributed by atoms with Crippen molar-refractivity contribution >= 4 is 28.6 Å². The van der Waals surface area contributed by atoms with E-state index in [0.717, 1.165) is 30.7 Å². The molecule has 8 nitrogen and oxygen atoms in total. The van der Waals surface area contributed by atoms with Crippen LogP contribution in [0.3, 0.4) is 0 Å². The first-order valence-corrected chi connectivity index (χ1v) is 10.8. The fraction of sp³-hybridized carbons (Fsp3) is 0.200. The van der Waals surface area contributed by atoms with E-state index < -0.39 is 11.9 Å². The van der Waals surface area contributed by atoms with Crippen LogP contribution in [0.1, 0.15) is 51.9 Å². The minimum absolute atomic E-state index is 0.0524. The molecule has 33 heavy (non-hydrogen) atoms. The van der Waals surface area contributed by atoms with Crippen molar-refractivity contribution < 1.29 is 14.7 Å². The number of hydrogen-bond acceptors (Lipinski definition) is 4. The van der Waals surface area contributed by atoms with Gasteiger partial charge in [-0.15, -0.1) is 0 Å². The van der Waals surface area contributed by atoms with E-state index >= 15 is 0 Å². The molecule has 0 aliphatic heterocycles. The second kappa shape index (κ2) is 9.52. The number of amides is 1. The van der Waals surface area contributed by atoms with Crippen LogP contribution in [-0.4, -0.2) is 31.5 Å². The molecule has 3 N–H and O–H groups in total. The number of carbonyl (C=O) groups excluding carboxylic acids is 1. The number of fused-ring (bicyclic) bond motifs is 1. The highest BCUT2D eigenvalue weighted by Crippen LogP contribution is 2.19. The summed E-state index contributed by atoms with van der Waals surface area (Å²) in [6.07, 6.45) is 4.39. The molecule has 4 rings (SSSR count). The summed E-state index contributed by atoms with van der Waals surface area (Å²) in [5, 5.41) is 12.0. The highest BCUT2D eigenvalue weighted by molar-refractivity contribution is 6.10. The van der Waals surface area contributed by atoms with Gasteiger partial charge in [0.2, 0.25) is 0 Å². The predicted molar refractivity (Wildman–Crippen MR) is 126 cm³/mol. The first kappa shape index (κ1) is 22.0. The number of nitrogens with zero attached hydrogens (tertiary/aromatic N) is 2. The zero-order valence-electron chi connectivity index (χ0n) is 18.2. The van der Waals surface area contributed by atoms with Crippen LogP contribution in [0.4, 0.5) is 5.69 Å². The molecule has 4 aromatic rings. The maximum Gasteiger partial charge on any atom is 0.336 e. The highest BCUT2D eigenvalue weighted by atomic mass is 16.4. The minimum atomic E-state index is -1.16. The van der Waals surface area contributed by atoms with Crippen LogP contribution < -0.4 is 10.9 Å². The fourth-order valence-electron chi connectivity index (χ4n) is 3.78. The number of rotatable bonds is 8. The largest absolute Gasteiger partial charge is 0.478 e. The topological polar surface area (TPSA) is 117 Å². The number of imidazole rings is 1. The molecule has 0 unspecified atom stereocenters. The van der Waals surface area contributed by atoms with Gasteiger partial charge in [0.15, 0.2) is 0 Å². The zero-order valence-corrected chi connectivity index (χ0v) is 18.2. The van der Waals surface area contributed by atoms with Gasteiger partial charge in [-0.3, -0.25) is 9.59 Å². The predicted octanol–water partition coefficient (Wildman–Crippen LogP) is 4.07. The van der Waals surface area contributed by atoms with Gasteiger partial charge in [-0.1, -0.05) is 37.6 Å². The third-order valence-electron chi connectivity index (χ3n) is 5.45. The summed E-state index contributed by atoms with van der Waals surface area (Å²) < 4.78 is 1.94. The number of unbranched alkanes of at least 4 members (excludes halogenated alkanes) is 1. The van der Waals surface area contributed by atoms with Gasteiger partial charge >= 0.3 is 5.97 Å². The number of carboxylic acids is 1. The molecule has 0 aliphatic rings. The first-order valence-electron chi connectivity index (χ1n) is 10.8. The van der Waals surface area contributed by atoms with E-state index in [0.29, 0.717) is 23.3 Å². The number of hydrogen-bond donors (Lipinski definition) is 3. The van der Waals surface area contributed by atoms with Gasteiger partial charge in [-0.2, -0.15) is 0 Å². The van der Waals surface area contributed by atoms with E-state index in [-0.39, 0.29) is 16.7 Å². The quantitative estimate of drug-likeness (QED) is 0.379. The Kier molecular flexibility index (Phi) is 6.35. The minimum Gasteiger partial charge on any atom is -0.478 e. The number of aromatic carboxylic acids is 1. The highest BCUT2D eigenvalue weighted by Gasteiger charge is 2.16. The normalized spacial score (nSPS) is 10.9. The van der Waals surface area contributed by atoms with Crippen molar-refractivity contribution in [2.75, 3.05) is 5.32 Å². The Morgan fingerprint density at radius 2 is 1.79 bits per heavy atom. The number of anilines is 1. The lowest BCUT2D eigenvalue weighted by Gasteiger charge is -2.11. The monoisotopic (exact) mass is 444 g/mol. The SMILES string of the molecule is CCCCc1nc2cc[nH]c(=O)c2n1Cc1ccc(NC(=O)c2ccccc2C(=O)O)cc1. The molecule has 0 bridgehead atoms. The number of aryl methyl sites for hydroxylation is 1. The Hall–Kier alpha value is -4.20. The fourth-order valence-corrected chi connectivity index (χ4v) is 3.78. The number of nitrogens with one attached hydrogen (secondary N) is 2. The van der Waals surface area contributed by atoms with Crippen molar-refractivity contribution in [1.82, 2.24) is 14.5 Å². The number of benzene rings is 2. The molecule has 8 heteroatoms. The number of carboxylic acid groups (broad SMARTS) is 1. The Balaban J connectivity index is 1.56. The van der Waals surface area contributed by atoms with E-state index in [9.17, 15) is 19.5 Å². The zero-order chi connectivity index (χ0) is 23.4. The van der Waals surface area contributed by atoms with Crippen molar-refractivity contribution in [3.63, 3.8) is 0 Å². The van der Waals surface area contributed by atoms with Gasteiger partial charge in [-0.05, 0) is 42.3 Å². The van der Waals surface area contributed by atoms with Gasteiger partial charge in [0.05, 0.1) is 16.6 Å². The van der Waals surface area contributed by atoms with Crippen molar-refractivity contribution in [2.45, 2.75) is 32.7 Å². The van der Waals surface area contributed by atoms with Crippen LogP contribution in [0.15, 0.2) is 65.6 Å². The molecular weight excluding hydrogens is 420 g/mol. The van der Waals surface area contributed by atoms with Gasteiger partial charge in [0.25, 0.3) is 11.5 Å². The van der Waals surface area contributed by atoms with Crippen molar-refractivity contribution in [3.05, 3.63) is 93.7 Å². The lowest BCUT2D eigenvalue weighted by molar-refractivity contribution is 0.0692. The Morgan fingerprint density at radius 3 is 2.48 bits per heavy atom. The van der Waals surface area contributed by atoms with E-state index in [4.69, 9.17) is 0 Å². The lowest BCUT2D eigenvalue weighted by atomic mass is 10.1. The number of carbonyl (C=O) groups is 2. The molecule has 168 valence electrons. The van der Waals surface area contributed by atoms with Crippen LogP contribution in [0, 0.1) is 0 Å². The molecule has 0 spiro atoms. The van der Waals surface area contributed by atoms with Gasteiger partial charge < -0.3 is 20.0 Å². The molecule has 0 saturated carbocycles. The van der Waals surface area contributed by atoms with Crippen LogP contribution in [0.5, 0.6) is 0 Å². The van der Waals surface area contributed by atoms with Gasteiger partial charge in [0, 0.05) is 24.8 Å². The molecular formula is C25H24N4O4. The van der Waals surface area contributed by atoms with Crippen molar-refractivity contribution in [2.24, 2.45) is 0 Å². The second-order valence-electron chi connectivity index (χ2n) is 7.76. The van der Waals surface area contributed by atoms with Gasteiger partial charge in [0.1, 0.15) is 11.3 Å². The van der Waals surface area contributed by atoms with Crippen LogP contribution in [0.2, 0.25) is 0 Å². The molecule has 2 heterocycles. The van der Waals surface area contributed by atoms with Crippen molar-refractivity contribution in [3.8, 4) is 0 Å². The number of aromatic amines is 1. The summed E-state index contributed by atoms with van der Waals surface area (Å²) in [4.78, 5) is 43.8. The summed E-state index contributed by atoms with van der Waals surface area (Å²) in [5.41, 5.74) is 2.57. The van der Waals surface area contributed by atoms with Crippen LogP contribution in [0.25, 0.3) is 11.0 Å². The molecule has 0 aliphatic carbocycles. The summed E-state index contributed by atoms with van der Waals surface area (Å²) in [5.74, 6) is -0.779. The molecule has 0 radical (unpaired) electrons. The third kappa shape index (κ3) is 4.69. The second-order valence-corrected chi connectivity index (χ2v) is 7.76. The van der Waals surface area contributed by atoms with E-state index in [1.54, 1.807) is 36.5 Å². The molecule has 1 amide bonds. The average molecular weight is 444 g/mol. The third-order valence-corrected chi connectivity index (χ3v) is 5.45. The molecule has 2 aromatic carbocycles. The summed E-state index contributed by atoms with van der Waals surface area (Å²) in [6.45, 7) is 2.58. The molecule has 2 aromatic heterocycles. The maximum atomic E-state index is 12.6. The number of pyridine rings is 1. The van der Waals surface area contributed by atoms with Crippen LogP contribution >= 0.6 is 0 Å². The average Bonchev–Trinajstić information content (AvgIpc) is 3.17. The van der Waals surface area contributed by atoms with Crippen molar-refractivity contribution in [1.29, 1.82) is 0 Å². The van der Waals surface area contributed by atoms with E-state index in [1.165, 1.54) is 12.1 Å². The van der Waals surface area contributed by atoms with Crippen LogP contribution in [-0.2, 0) is 13.0 Å². The van der Waals surface area contributed by atoms with E-state index in [1.807, 2.05) is 16.7 Å². The number of H-pyrrole nitrogens is 1. The Morgan fingerprint density at radius 1 is 1.06 bits per heavy atom. The lowest BCUT2D eigenvalue weighted by Crippen LogP contribution is -2.16. The molecule has 0 fully saturated rings. The Bertz CT molecular complexity index is 1370. The number of aromatic nitrogens is 3. The molecule has 0 saturated heterocycles. The summed E-state index contributed by atoms with van der Waals surface area (Å²) in [7, 11) is 0. The summed E-state index contributed by atoms with van der Waals surface area (Å²) in [6, 6.07) is 15.1. The maximum absolute atomic E-state index is 12.6.